The minimum Gasteiger partial charge on any atom is -0.357 e. The Bertz CT molecular complexity index is 886. The zero-order chi connectivity index (χ0) is 17.8. The van der Waals surface area contributed by atoms with Gasteiger partial charge in [0.15, 0.2) is 5.82 Å². The third-order valence-electron chi connectivity index (χ3n) is 6.31. The van der Waals surface area contributed by atoms with Crippen molar-refractivity contribution in [2.75, 3.05) is 6.54 Å². The minimum atomic E-state index is -0.185. The van der Waals surface area contributed by atoms with Gasteiger partial charge in [0.25, 0.3) is 5.91 Å². The fourth-order valence-electron chi connectivity index (χ4n) is 4.70. The van der Waals surface area contributed by atoms with Gasteiger partial charge in [-0.1, -0.05) is 0 Å². The molecule has 2 saturated carbocycles. The first-order valence-corrected chi connectivity index (χ1v) is 9.82. The predicted octanol–water partition coefficient (Wildman–Crippen LogP) is 2.41. The summed E-state index contributed by atoms with van der Waals surface area (Å²) in [5.74, 6) is 2.36. The van der Waals surface area contributed by atoms with Gasteiger partial charge in [0.2, 0.25) is 0 Å². The van der Waals surface area contributed by atoms with E-state index in [1.165, 1.54) is 25.7 Å². The summed E-state index contributed by atoms with van der Waals surface area (Å²) >= 11 is 0. The highest BCUT2D eigenvalue weighted by atomic mass is 16.2. The molecule has 5 rings (SSSR count). The molecular formula is C19H25N5O2. The normalized spacial score (nSPS) is 25.8. The molecule has 1 amide bonds. The van der Waals surface area contributed by atoms with Crippen LogP contribution in [-0.4, -0.2) is 37.1 Å². The van der Waals surface area contributed by atoms with E-state index in [2.05, 4.69) is 15.2 Å². The highest BCUT2D eigenvalue weighted by Gasteiger charge is 2.48. The lowest BCUT2D eigenvalue weighted by Crippen LogP contribution is -2.35. The molecule has 2 unspecified atom stereocenters. The van der Waals surface area contributed by atoms with Crippen LogP contribution in [0.1, 0.15) is 72.9 Å². The molecule has 3 heterocycles. The molecule has 0 bridgehead atoms. The highest BCUT2D eigenvalue weighted by Crippen LogP contribution is 2.50. The molecule has 26 heavy (non-hydrogen) atoms. The van der Waals surface area contributed by atoms with E-state index in [0.29, 0.717) is 24.3 Å². The lowest BCUT2D eigenvalue weighted by atomic mass is 9.94. The van der Waals surface area contributed by atoms with Crippen LogP contribution in [0.5, 0.6) is 0 Å². The number of aromatic nitrogens is 4. The zero-order valence-corrected chi connectivity index (χ0v) is 15.1. The van der Waals surface area contributed by atoms with E-state index in [1.807, 2.05) is 24.1 Å². The molecule has 7 heteroatoms. The average molecular weight is 355 g/mol. The summed E-state index contributed by atoms with van der Waals surface area (Å²) in [6, 6.07) is 1.94. The number of amides is 1. The lowest BCUT2D eigenvalue weighted by molar-refractivity contribution is 0.0694. The van der Waals surface area contributed by atoms with Gasteiger partial charge in [0.1, 0.15) is 5.69 Å². The lowest BCUT2D eigenvalue weighted by Gasteiger charge is -2.28. The zero-order valence-electron chi connectivity index (χ0n) is 15.1. The van der Waals surface area contributed by atoms with Crippen molar-refractivity contribution in [2.24, 2.45) is 11.8 Å². The van der Waals surface area contributed by atoms with Gasteiger partial charge in [0, 0.05) is 19.3 Å². The van der Waals surface area contributed by atoms with Crippen molar-refractivity contribution in [1.82, 2.24) is 24.6 Å². The Hall–Kier alpha value is -2.31. The summed E-state index contributed by atoms with van der Waals surface area (Å²) in [6.07, 6.45) is 7.65. The number of rotatable bonds is 5. The molecule has 2 atom stereocenters. The van der Waals surface area contributed by atoms with Crippen molar-refractivity contribution < 1.29 is 4.79 Å². The van der Waals surface area contributed by atoms with Crippen LogP contribution in [0.2, 0.25) is 0 Å². The van der Waals surface area contributed by atoms with Gasteiger partial charge in [-0.05, 0) is 68.4 Å². The van der Waals surface area contributed by atoms with E-state index in [-0.39, 0.29) is 17.6 Å². The van der Waals surface area contributed by atoms with Crippen molar-refractivity contribution in [3.63, 3.8) is 0 Å². The van der Waals surface area contributed by atoms with Crippen LogP contribution in [-0.2, 0) is 6.54 Å². The number of nitrogens with one attached hydrogen (secondary N) is 2. The molecule has 2 aromatic heterocycles. The largest absolute Gasteiger partial charge is 0.357 e. The minimum absolute atomic E-state index is 0.0585. The number of hydrogen-bond acceptors (Lipinski definition) is 3. The number of likely N-dealkylation sites (tertiary alicyclic amines) is 1. The van der Waals surface area contributed by atoms with Crippen molar-refractivity contribution in [1.29, 1.82) is 0 Å². The molecule has 2 N–H and O–H groups in total. The molecule has 3 fully saturated rings. The SMILES string of the molecule is CCn1c(C2C(C3CC3)CCN2C(=O)c2[nH]ccc2C2CC2)n[nH]c1=O. The topological polar surface area (TPSA) is 86.8 Å². The van der Waals surface area contributed by atoms with Gasteiger partial charge in [-0.3, -0.25) is 9.36 Å². The van der Waals surface area contributed by atoms with E-state index in [1.54, 1.807) is 4.57 Å². The maximum atomic E-state index is 13.4. The summed E-state index contributed by atoms with van der Waals surface area (Å²) in [7, 11) is 0. The fourth-order valence-corrected chi connectivity index (χ4v) is 4.70. The smallest absolute Gasteiger partial charge is 0.343 e. The number of carbonyl (C=O) groups excluding carboxylic acids is 1. The van der Waals surface area contributed by atoms with Gasteiger partial charge in [-0.15, -0.1) is 0 Å². The quantitative estimate of drug-likeness (QED) is 0.863. The van der Waals surface area contributed by atoms with Crippen LogP contribution in [0.25, 0.3) is 0 Å². The second-order valence-electron chi connectivity index (χ2n) is 7.95. The Morgan fingerprint density at radius 1 is 1.27 bits per heavy atom. The summed E-state index contributed by atoms with van der Waals surface area (Å²) in [5.41, 5.74) is 1.70. The second-order valence-corrected chi connectivity index (χ2v) is 7.95. The van der Waals surface area contributed by atoms with Crippen LogP contribution in [0, 0.1) is 11.8 Å². The number of carbonyl (C=O) groups is 1. The van der Waals surface area contributed by atoms with Crippen LogP contribution in [0.3, 0.4) is 0 Å². The molecule has 2 aliphatic carbocycles. The molecular weight excluding hydrogens is 330 g/mol. The molecule has 138 valence electrons. The summed E-state index contributed by atoms with van der Waals surface area (Å²) < 4.78 is 1.68. The first-order valence-electron chi connectivity index (χ1n) is 9.82. The summed E-state index contributed by atoms with van der Waals surface area (Å²) in [6.45, 7) is 3.25. The highest BCUT2D eigenvalue weighted by molar-refractivity contribution is 5.94. The molecule has 2 aromatic rings. The molecule has 0 spiro atoms. The monoisotopic (exact) mass is 355 g/mol. The number of hydrogen-bond donors (Lipinski definition) is 2. The van der Waals surface area contributed by atoms with Gasteiger partial charge < -0.3 is 9.88 Å². The van der Waals surface area contributed by atoms with Crippen molar-refractivity contribution >= 4 is 5.91 Å². The average Bonchev–Trinajstić information content (AvgIpc) is 3.55. The molecule has 1 saturated heterocycles. The Morgan fingerprint density at radius 2 is 2.08 bits per heavy atom. The van der Waals surface area contributed by atoms with Crippen molar-refractivity contribution in [3.05, 3.63) is 39.8 Å². The molecule has 0 radical (unpaired) electrons. The Kier molecular flexibility index (Phi) is 3.58. The first-order chi connectivity index (χ1) is 12.7. The summed E-state index contributed by atoms with van der Waals surface area (Å²) in [4.78, 5) is 30.7. The van der Waals surface area contributed by atoms with E-state index in [4.69, 9.17) is 0 Å². The number of aromatic amines is 2. The number of nitrogens with zero attached hydrogens (tertiary/aromatic N) is 3. The van der Waals surface area contributed by atoms with Crippen LogP contribution < -0.4 is 5.69 Å². The van der Waals surface area contributed by atoms with Crippen molar-refractivity contribution in [2.45, 2.75) is 57.5 Å². The van der Waals surface area contributed by atoms with Gasteiger partial charge in [0.05, 0.1) is 6.04 Å². The fraction of sp³-hybridized carbons (Fsp3) is 0.632. The molecule has 0 aromatic carbocycles. The predicted molar refractivity (Wildman–Crippen MR) is 95.9 cm³/mol. The summed E-state index contributed by atoms with van der Waals surface area (Å²) in [5, 5.41) is 6.92. The van der Waals surface area contributed by atoms with E-state index >= 15 is 0 Å². The maximum absolute atomic E-state index is 13.4. The Labute approximate surface area is 151 Å². The van der Waals surface area contributed by atoms with Crippen LogP contribution >= 0.6 is 0 Å². The third-order valence-corrected chi connectivity index (χ3v) is 6.31. The molecule has 7 nitrogen and oxygen atoms in total. The van der Waals surface area contributed by atoms with Crippen LogP contribution in [0.15, 0.2) is 17.1 Å². The first kappa shape index (κ1) is 15.9. The number of H-pyrrole nitrogens is 2. The van der Waals surface area contributed by atoms with Crippen molar-refractivity contribution in [3.8, 4) is 0 Å². The van der Waals surface area contributed by atoms with E-state index in [0.717, 1.165) is 30.0 Å². The molecule has 1 aliphatic heterocycles. The molecule has 3 aliphatic rings. The maximum Gasteiger partial charge on any atom is 0.343 e. The Morgan fingerprint density at radius 3 is 2.77 bits per heavy atom. The standard InChI is InChI=1S/C19H25N5O2/c1-2-23-17(21-22-19(23)26)16-14(12-5-6-12)8-10-24(16)18(25)15-13(7-9-20-15)11-3-4-11/h7,9,11-12,14,16,20H,2-6,8,10H2,1H3,(H,22,26). The van der Waals surface area contributed by atoms with E-state index in [9.17, 15) is 9.59 Å². The van der Waals surface area contributed by atoms with Gasteiger partial charge in [-0.25, -0.2) is 9.89 Å². The van der Waals surface area contributed by atoms with Gasteiger partial charge in [-0.2, -0.15) is 5.10 Å². The second kappa shape index (κ2) is 5.86. The third kappa shape index (κ3) is 2.44. The Balaban J connectivity index is 1.53. The van der Waals surface area contributed by atoms with Crippen LogP contribution in [0.4, 0.5) is 0 Å². The van der Waals surface area contributed by atoms with E-state index < -0.39 is 0 Å². The van der Waals surface area contributed by atoms with Gasteiger partial charge >= 0.3 is 5.69 Å².